The molecule has 0 bridgehead atoms. The summed E-state index contributed by atoms with van der Waals surface area (Å²) in [6.45, 7) is 6.46. The smallest absolute Gasteiger partial charge is 0.196 e. The van der Waals surface area contributed by atoms with Gasteiger partial charge in [-0.1, -0.05) is 53.7 Å². The third-order valence-corrected chi connectivity index (χ3v) is 5.31. The summed E-state index contributed by atoms with van der Waals surface area (Å²) in [7, 11) is 0. The Morgan fingerprint density at radius 1 is 0.917 bits per heavy atom. The Kier molecular flexibility index (Phi) is 3.77. The number of rotatable bonds is 3. The van der Waals surface area contributed by atoms with Crippen molar-refractivity contribution in [2.75, 3.05) is 0 Å². The van der Waals surface area contributed by atoms with Crippen molar-refractivity contribution in [3.63, 3.8) is 0 Å². The lowest BCUT2D eigenvalue weighted by molar-refractivity contribution is 0.937. The van der Waals surface area contributed by atoms with Gasteiger partial charge in [0.15, 0.2) is 10.8 Å². The van der Waals surface area contributed by atoms with Crippen LogP contribution in [0.2, 0.25) is 0 Å². The van der Waals surface area contributed by atoms with Crippen molar-refractivity contribution in [1.29, 1.82) is 0 Å². The summed E-state index contributed by atoms with van der Waals surface area (Å²) in [4.78, 5) is 0. The molecule has 0 spiro atoms. The predicted octanol–water partition coefficient (Wildman–Crippen LogP) is 5.10. The van der Waals surface area contributed by atoms with Gasteiger partial charge in [-0.3, -0.25) is 4.40 Å². The number of aryl methyl sites for hydroxylation is 3. The first-order valence-corrected chi connectivity index (χ1v) is 9.04. The van der Waals surface area contributed by atoms with E-state index in [0.29, 0.717) is 0 Å². The van der Waals surface area contributed by atoms with Gasteiger partial charge in [0.2, 0.25) is 0 Å². The number of nitrogens with zero attached hydrogens (tertiary/aromatic N) is 3. The van der Waals surface area contributed by atoms with E-state index in [2.05, 4.69) is 77.8 Å². The molecule has 0 aliphatic rings. The van der Waals surface area contributed by atoms with E-state index in [1.165, 1.54) is 33.2 Å². The van der Waals surface area contributed by atoms with Crippen LogP contribution in [0.15, 0.2) is 53.7 Å². The molecule has 0 aliphatic heterocycles. The highest BCUT2D eigenvalue weighted by atomic mass is 32.2. The van der Waals surface area contributed by atoms with E-state index in [1.54, 1.807) is 11.8 Å². The van der Waals surface area contributed by atoms with Gasteiger partial charge < -0.3 is 0 Å². The maximum absolute atomic E-state index is 4.44. The molecule has 24 heavy (non-hydrogen) atoms. The third-order valence-electron chi connectivity index (χ3n) is 4.31. The molecule has 0 radical (unpaired) electrons. The Morgan fingerprint density at radius 2 is 1.71 bits per heavy atom. The number of benzene rings is 2. The van der Waals surface area contributed by atoms with Crippen LogP contribution in [-0.2, 0) is 5.75 Å². The summed E-state index contributed by atoms with van der Waals surface area (Å²) in [6.07, 6.45) is 0. The molecule has 0 amide bonds. The zero-order valence-corrected chi connectivity index (χ0v) is 14.9. The topological polar surface area (TPSA) is 30.2 Å². The Balaban J connectivity index is 1.87. The minimum absolute atomic E-state index is 0.891. The summed E-state index contributed by atoms with van der Waals surface area (Å²) in [5.41, 5.74) is 7.23. The highest BCUT2D eigenvalue weighted by Crippen LogP contribution is 2.30. The molecule has 0 fully saturated rings. The van der Waals surface area contributed by atoms with Crippen LogP contribution in [0.3, 0.4) is 0 Å². The fourth-order valence-corrected chi connectivity index (χ4v) is 4.13. The molecule has 0 unspecified atom stereocenters. The zero-order chi connectivity index (χ0) is 16.7. The molecule has 2 aromatic heterocycles. The third kappa shape index (κ3) is 2.57. The van der Waals surface area contributed by atoms with E-state index in [9.17, 15) is 0 Å². The molecule has 0 atom stereocenters. The van der Waals surface area contributed by atoms with Gasteiger partial charge in [-0.05, 0) is 49.6 Å². The molecular weight excluding hydrogens is 314 g/mol. The number of hydrogen-bond donors (Lipinski definition) is 0. The molecule has 2 heterocycles. The second-order valence-electron chi connectivity index (χ2n) is 6.26. The van der Waals surface area contributed by atoms with Gasteiger partial charge in [-0.15, -0.1) is 10.2 Å². The van der Waals surface area contributed by atoms with Crippen molar-refractivity contribution in [2.24, 2.45) is 0 Å². The minimum Gasteiger partial charge on any atom is -0.270 e. The Bertz CT molecular complexity index is 1040. The van der Waals surface area contributed by atoms with E-state index in [0.717, 1.165) is 16.6 Å². The maximum atomic E-state index is 4.44. The highest BCUT2D eigenvalue weighted by Gasteiger charge is 2.13. The van der Waals surface area contributed by atoms with Crippen molar-refractivity contribution in [3.8, 4) is 0 Å². The van der Waals surface area contributed by atoms with Gasteiger partial charge in [-0.2, -0.15) is 0 Å². The van der Waals surface area contributed by atoms with Crippen LogP contribution in [0.4, 0.5) is 0 Å². The molecule has 0 saturated carbocycles. The fraction of sp³-hybridized carbons (Fsp3) is 0.200. The molecule has 0 aliphatic carbocycles. The highest BCUT2D eigenvalue weighted by molar-refractivity contribution is 7.98. The van der Waals surface area contributed by atoms with Crippen LogP contribution in [0, 0.1) is 20.8 Å². The number of hydrogen-bond acceptors (Lipinski definition) is 3. The molecule has 0 saturated heterocycles. The van der Waals surface area contributed by atoms with Crippen molar-refractivity contribution in [3.05, 3.63) is 70.8 Å². The minimum atomic E-state index is 0.891. The van der Waals surface area contributed by atoms with Gasteiger partial charge in [0, 0.05) is 11.1 Å². The fourth-order valence-electron chi connectivity index (χ4n) is 3.23. The molecule has 4 aromatic rings. The van der Waals surface area contributed by atoms with E-state index in [4.69, 9.17) is 0 Å². The van der Waals surface area contributed by atoms with Crippen LogP contribution in [0.5, 0.6) is 0 Å². The molecular formula is C20H19N3S. The molecule has 2 aromatic carbocycles. The van der Waals surface area contributed by atoms with Crippen molar-refractivity contribution in [2.45, 2.75) is 31.7 Å². The number of fused-ring (bicyclic) bond motifs is 3. The molecule has 4 heteroatoms. The Labute approximate surface area is 145 Å². The first-order chi connectivity index (χ1) is 11.6. The van der Waals surface area contributed by atoms with Gasteiger partial charge in [-0.25, -0.2) is 0 Å². The van der Waals surface area contributed by atoms with Crippen molar-refractivity contribution >= 4 is 28.3 Å². The quantitative estimate of drug-likeness (QED) is 0.489. The van der Waals surface area contributed by atoms with Crippen LogP contribution in [0.25, 0.3) is 16.6 Å². The van der Waals surface area contributed by atoms with Crippen LogP contribution in [0.1, 0.15) is 22.3 Å². The normalized spacial score (nSPS) is 11.5. The van der Waals surface area contributed by atoms with Gasteiger partial charge in [0.05, 0.1) is 5.52 Å². The molecule has 4 rings (SSSR count). The molecule has 120 valence electrons. The predicted molar refractivity (Wildman–Crippen MR) is 101 cm³/mol. The monoisotopic (exact) mass is 333 g/mol. The Hall–Kier alpha value is -2.33. The first kappa shape index (κ1) is 15.2. The van der Waals surface area contributed by atoms with E-state index < -0.39 is 0 Å². The lowest BCUT2D eigenvalue weighted by Crippen LogP contribution is -1.96. The molecule has 0 N–H and O–H groups in total. The van der Waals surface area contributed by atoms with E-state index in [-0.39, 0.29) is 0 Å². The second kappa shape index (κ2) is 5.95. The SMILES string of the molecule is Cc1cc(C)c2c(c1)c(C)cc1nnc(SCc3ccccc3)n12. The van der Waals surface area contributed by atoms with Crippen LogP contribution < -0.4 is 0 Å². The number of aromatic nitrogens is 3. The second-order valence-corrected chi connectivity index (χ2v) is 7.20. The van der Waals surface area contributed by atoms with Crippen molar-refractivity contribution in [1.82, 2.24) is 14.6 Å². The zero-order valence-electron chi connectivity index (χ0n) is 14.1. The first-order valence-electron chi connectivity index (χ1n) is 8.06. The number of pyridine rings is 1. The molecule has 3 nitrogen and oxygen atoms in total. The lowest BCUT2D eigenvalue weighted by atomic mass is 10.0. The standard InChI is InChI=1S/C20H19N3S/c1-13-9-15(3)19-17(10-13)14(2)11-18-21-22-20(23(18)19)24-12-16-7-5-4-6-8-16/h4-11H,12H2,1-3H3. The number of thioether (sulfide) groups is 1. The van der Waals surface area contributed by atoms with E-state index in [1.807, 2.05) is 6.07 Å². The van der Waals surface area contributed by atoms with Gasteiger partial charge in [0.25, 0.3) is 0 Å². The summed E-state index contributed by atoms with van der Waals surface area (Å²) >= 11 is 1.73. The lowest BCUT2D eigenvalue weighted by Gasteiger charge is -2.11. The summed E-state index contributed by atoms with van der Waals surface area (Å²) in [5.74, 6) is 0.891. The largest absolute Gasteiger partial charge is 0.270 e. The van der Waals surface area contributed by atoms with Gasteiger partial charge >= 0.3 is 0 Å². The van der Waals surface area contributed by atoms with Crippen molar-refractivity contribution < 1.29 is 0 Å². The average Bonchev–Trinajstić information content (AvgIpc) is 2.96. The van der Waals surface area contributed by atoms with E-state index >= 15 is 0 Å². The summed E-state index contributed by atoms with van der Waals surface area (Å²) < 4.78 is 2.20. The van der Waals surface area contributed by atoms with Crippen LogP contribution >= 0.6 is 11.8 Å². The maximum Gasteiger partial charge on any atom is 0.196 e. The van der Waals surface area contributed by atoms with Gasteiger partial charge in [0.1, 0.15) is 0 Å². The summed E-state index contributed by atoms with van der Waals surface area (Å²) in [6, 6.07) is 17.1. The Morgan fingerprint density at radius 3 is 2.50 bits per heavy atom. The summed E-state index contributed by atoms with van der Waals surface area (Å²) in [5, 5.41) is 11.1. The van der Waals surface area contributed by atoms with Crippen LogP contribution in [-0.4, -0.2) is 14.6 Å². The average molecular weight is 333 g/mol.